The van der Waals surface area contributed by atoms with Crippen LogP contribution in [0.2, 0.25) is 0 Å². The van der Waals surface area contributed by atoms with Gasteiger partial charge in [-0.3, -0.25) is 0 Å². The zero-order valence-corrected chi connectivity index (χ0v) is 16.7. The van der Waals surface area contributed by atoms with Crippen LogP contribution in [0.1, 0.15) is 12.5 Å². The fourth-order valence-corrected chi connectivity index (χ4v) is 3.71. The molecule has 2 rings (SSSR count). The fraction of sp³-hybridized carbons (Fsp3) is 0.235. The minimum Gasteiger partial charge on any atom is -0.493 e. The highest BCUT2D eigenvalue weighted by atomic mass is 79.9. The maximum absolute atomic E-state index is 12.7. The second-order valence-corrected chi connectivity index (χ2v) is 7.29. The summed E-state index contributed by atoms with van der Waals surface area (Å²) in [4.78, 5) is -0.117. The molecule has 0 aliphatic heterocycles. The van der Waals surface area contributed by atoms with Crippen molar-refractivity contribution in [3.05, 3.63) is 40.4 Å². The molecule has 7 nitrogen and oxygen atoms in total. The first-order chi connectivity index (χ1) is 12.4. The van der Waals surface area contributed by atoms with Gasteiger partial charge in [0.1, 0.15) is 4.90 Å². The number of nitriles is 1. The predicted octanol–water partition coefficient (Wildman–Crippen LogP) is 3.50. The molecule has 0 aromatic heterocycles. The third kappa shape index (κ3) is 4.20. The van der Waals surface area contributed by atoms with Gasteiger partial charge in [-0.2, -0.15) is 13.7 Å². The number of rotatable bonds is 7. The first-order valence-electron chi connectivity index (χ1n) is 7.39. The SMILES string of the molecule is CCOc1cc(C#N)cc(Br)c1OS(=O)(=O)c1ccc(OC)c(OC)c1. The summed E-state index contributed by atoms with van der Waals surface area (Å²) in [5, 5.41) is 9.05. The Balaban J connectivity index is 2.49. The number of hydrogen-bond acceptors (Lipinski definition) is 7. The molecule has 26 heavy (non-hydrogen) atoms. The summed E-state index contributed by atoms with van der Waals surface area (Å²) in [6.45, 7) is 2.01. The molecule has 0 aliphatic rings. The summed E-state index contributed by atoms with van der Waals surface area (Å²) in [5.41, 5.74) is 0.302. The zero-order valence-electron chi connectivity index (χ0n) is 14.3. The van der Waals surface area contributed by atoms with Crippen LogP contribution >= 0.6 is 15.9 Å². The van der Waals surface area contributed by atoms with Crippen molar-refractivity contribution in [1.82, 2.24) is 0 Å². The topological polar surface area (TPSA) is 94.9 Å². The van der Waals surface area contributed by atoms with Crippen molar-refractivity contribution < 1.29 is 26.8 Å². The number of hydrogen-bond donors (Lipinski definition) is 0. The summed E-state index contributed by atoms with van der Waals surface area (Å²) in [6.07, 6.45) is 0. The third-order valence-electron chi connectivity index (χ3n) is 3.28. The minimum absolute atomic E-state index is 0.0411. The molecule has 2 aromatic rings. The first kappa shape index (κ1) is 19.9. The largest absolute Gasteiger partial charge is 0.493 e. The number of nitrogens with zero attached hydrogens (tertiary/aromatic N) is 1. The van der Waals surface area contributed by atoms with E-state index >= 15 is 0 Å². The third-order valence-corrected chi connectivity index (χ3v) is 5.08. The van der Waals surface area contributed by atoms with E-state index in [1.807, 2.05) is 6.07 Å². The summed E-state index contributed by atoms with van der Waals surface area (Å²) in [5.74, 6) is 0.741. The Hall–Kier alpha value is -2.44. The highest BCUT2D eigenvalue weighted by Gasteiger charge is 2.23. The van der Waals surface area contributed by atoms with E-state index in [0.717, 1.165) is 0 Å². The van der Waals surface area contributed by atoms with E-state index < -0.39 is 10.1 Å². The van der Waals surface area contributed by atoms with E-state index in [4.69, 9.17) is 23.7 Å². The van der Waals surface area contributed by atoms with E-state index in [-0.39, 0.29) is 33.2 Å². The Morgan fingerprint density at radius 2 is 1.77 bits per heavy atom. The zero-order chi connectivity index (χ0) is 19.3. The van der Waals surface area contributed by atoms with Gasteiger partial charge in [0.2, 0.25) is 0 Å². The van der Waals surface area contributed by atoms with Crippen molar-refractivity contribution in [2.75, 3.05) is 20.8 Å². The molecular formula is C17H16BrNO6S. The average molecular weight is 442 g/mol. The van der Waals surface area contributed by atoms with Gasteiger partial charge in [0.05, 0.1) is 36.9 Å². The highest BCUT2D eigenvalue weighted by Crippen LogP contribution is 2.39. The van der Waals surface area contributed by atoms with Crippen LogP contribution in [0.15, 0.2) is 39.7 Å². The van der Waals surface area contributed by atoms with Crippen molar-refractivity contribution in [2.45, 2.75) is 11.8 Å². The van der Waals surface area contributed by atoms with Crippen LogP contribution in [0.3, 0.4) is 0 Å². The van der Waals surface area contributed by atoms with Gasteiger partial charge < -0.3 is 18.4 Å². The smallest absolute Gasteiger partial charge is 0.339 e. The number of halogens is 1. The quantitative estimate of drug-likeness (QED) is 0.606. The van der Waals surface area contributed by atoms with E-state index in [0.29, 0.717) is 11.3 Å². The molecular weight excluding hydrogens is 426 g/mol. The van der Waals surface area contributed by atoms with Crippen molar-refractivity contribution in [3.8, 4) is 29.1 Å². The molecule has 0 bridgehead atoms. The Morgan fingerprint density at radius 3 is 2.35 bits per heavy atom. The molecule has 0 saturated heterocycles. The lowest BCUT2D eigenvalue weighted by Gasteiger charge is -2.15. The van der Waals surface area contributed by atoms with E-state index in [9.17, 15) is 8.42 Å². The lowest BCUT2D eigenvalue weighted by Crippen LogP contribution is -2.12. The molecule has 0 fully saturated rings. The molecule has 0 N–H and O–H groups in total. The molecule has 0 heterocycles. The van der Waals surface area contributed by atoms with Crippen LogP contribution in [0, 0.1) is 11.3 Å². The van der Waals surface area contributed by atoms with Gasteiger partial charge in [0.15, 0.2) is 23.0 Å². The average Bonchev–Trinajstić information content (AvgIpc) is 2.63. The number of ether oxygens (including phenoxy) is 3. The molecule has 0 spiro atoms. The van der Waals surface area contributed by atoms with Gasteiger partial charge in [-0.1, -0.05) is 0 Å². The Morgan fingerprint density at radius 1 is 1.08 bits per heavy atom. The second-order valence-electron chi connectivity index (χ2n) is 4.88. The minimum atomic E-state index is -4.18. The lowest BCUT2D eigenvalue weighted by molar-refractivity contribution is 0.326. The molecule has 0 aliphatic carbocycles. The van der Waals surface area contributed by atoms with Crippen LogP contribution in [0.4, 0.5) is 0 Å². The second kappa shape index (κ2) is 8.29. The molecule has 0 saturated carbocycles. The maximum atomic E-state index is 12.7. The fourth-order valence-electron chi connectivity index (χ4n) is 2.11. The van der Waals surface area contributed by atoms with Gasteiger partial charge in [0.25, 0.3) is 0 Å². The molecule has 138 valence electrons. The van der Waals surface area contributed by atoms with Gasteiger partial charge in [-0.05, 0) is 41.1 Å². The Labute approximate surface area is 160 Å². The van der Waals surface area contributed by atoms with E-state index in [1.54, 1.807) is 6.92 Å². The van der Waals surface area contributed by atoms with Crippen molar-refractivity contribution in [1.29, 1.82) is 5.26 Å². The molecule has 0 atom stereocenters. The summed E-state index contributed by atoms with van der Waals surface area (Å²) < 4.78 is 46.5. The Kier molecular flexibility index (Phi) is 6.34. The maximum Gasteiger partial charge on any atom is 0.339 e. The number of methoxy groups -OCH3 is 2. The summed E-state index contributed by atoms with van der Waals surface area (Å²) >= 11 is 3.22. The molecule has 2 aromatic carbocycles. The molecule has 9 heteroatoms. The summed E-state index contributed by atoms with van der Waals surface area (Å²) in [6, 6.07) is 8.93. The van der Waals surface area contributed by atoms with Crippen molar-refractivity contribution in [2.24, 2.45) is 0 Å². The van der Waals surface area contributed by atoms with Crippen LogP contribution in [-0.4, -0.2) is 29.2 Å². The van der Waals surface area contributed by atoms with Crippen LogP contribution in [0.25, 0.3) is 0 Å². The molecule has 0 radical (unpaired) electrons. The molecule has 0 unspecified atom stereocenters. The standard InChI is InChI=1S/C17H16BrNO6S/c1-4-24-16-8-11(10-19)7-13(18)17(16)25-26(20,21)12-5-6-14(22-2)15(9-12)23-3/h5-9H,4H2,1-3H3. The lowest BCUT2D eigenvalue weighted by atomic mass is 10.2. The highest BCUT2D eigenvalue weighted by molar-refractivity contribution is 9.10. The summed E-state index contributed by atoms with van der Waals surface area (Å²) in [7, 11) is -1.33. The predicted molar refractivity (Wildman–Crippen MR) is 97.4 cm³/mol. The van der Waals surface area contributed by atoms with Crippen LogP contribution in [0.5, 0.6) is 23.0 Å². The van der Waals surface area contributed by atoms with Crippen molar-refractivity contribution in [3.63, 3.8) is 0 Å². The van der Waals surface area contributed by atoms with Gasteiger partial charge in [0, 0.05) is 12.1 Å². The number of benzene rings is 2. The van der Waals surface area contributed by atoms with Crippen LogP contribution in [-0.2, 0) is 10.1 Å². The monoisotopic (exact) mass is 441 g/mol. The Bertz CT molecular complexity index is 952. The normalized spacial score (nSPS) is 10.7. The first-order valence-corrected chi connectivity index (χ1v) is 9.59. The van der Waals surface area contributed by atoms with E-state index in [1.165, 1.54) is 44.6 Å². The van der Waals surface area contributed by atoms with E-state index in [2.05, 4.69) is 15.9 Å². The van der Waals surface area contributed by atoms with Gasteiger partial charge in [-0.25, -0.2) is 0 Å². The molecule has 0 amide bonds. The van der Waals surface area contributed by atoms with Crippen molar-refractivity contribution >= 4 is 26.0 Å². The van der Waals surface area contributed by atoms with Gasteiger partial charge >= 0.3 is 10.1 Å². The van der Waals surface area contributed by atoms with Gasteiger partial charge in [-0.15, -0.1) is 0 Å². The van der Waals surface area contributed by atoms with Crippen LogP contribution < -0.4 is 18.4 Å².